The SMILES string of the molecule is COc1ccc(S(=O)(=O)Nc2cccc(C(=O)NC(C)c3ccc(F)cc3)c2)cc1. The Morgan fingerprint density at radius 3 is 2.30 bits per heavy atom. The molecule has 0 bridgehead atoms. The summed E-state index contributed by atoms with van der Waals surface area (Å²) < 4.78 is 45.7. The Bertz CT molecular complexity index is 1130. The predicted octanol–water partition coefficient (Wildman–Crippen LogP) is 4.13. The molecule has 156 valence electrons. The molecule has 0 aromatic heterocycles. The Morgan fingerprint density at radius 2 is 1.67 bits per heavy atom. The summed E-state index contributed by atoms with van der Waals surface area (Å²) in [4.78, 5) is 12.6. The first kappa shape index (κ1) is 21.3. The lowest BCUT2D eigenvalue weighted by Gasteiger charge is -2.15. The number of benzene rings is 3. The summed E-state index contributed by atoms with van der Waals surface area (Å²) in [5.41, 5.74) is 1.30. The summed E-state index contributed by atoms with van der Waals surface area (Å²) >= 11 is 0. The quantitative estimate of drug-likeness (QED) is 0.593. The van der Waals surface area contributed by atoms with Gasteiger partial charge in [-0.1, -0.05) is 18.2 Å². The van der Waals surface area contributed by atoms with E-state index in [0.717, 1.165) is 5.56 Å². The molecule has 0 aliphatic heterocycles. The fourth-order valence-electron chi connectivity index (χ4n) is 2.81. The molecule has 0 heterocycles. The topological polar surface area (TPSA) is 84.5 Å². The summed E-state index contributed by atoms with van der Waals surface area (Å²) in [7, 11) is -2.33. The summed E-state index contributed by atoms with van der Waals surface area (Å²) in [6, 6.07) is 17.6. The van der Waals surface area contributed by atoms with Crippen LogP contribution in [0.15, 0.2) is 77.7 Å². The van der Waals surface area contributed by atoms with E-state index in [0.29, 0.717) is 11.3 Å². The summed E-state index contributed by atoms with van der Waals surface area (Å²) in [5.74, 6) is -0.186. The van der Waals surface area contributed by atoms with Crippen molar-refractivity contribution in [2.45, 2.75) is 17.9 Å². The minimum Gasteiger partial charge on any atom is -0.497 e. The van der Waals surface area contributed by atoms with Crippen molar-refractivity contribution in [2.24, 2.45) is 0 Å². The van der Waals surface area contributed by atoms with Crippen LogP contribution in [-0.4, -0.2) is 21.4 Å². The number of methoxy groups -OCH3 is 1. The van der Waals surface area contributed by atoms with Gasteiger partial charge in [-0.25, -0.2) is 12.8 Å². The number of ether oxygens (including phenoxy) is 1. The molecule has 3 aromatic rings. The third-order valence-corrected chi connectivity index (χ3v) is 5.86. The molecule has 0 spiro atoms. The maximum absolute atomic E-state index is 13.1. The second kappa shape index (κ2) is 8.96. The zero-order chi connectivity index (χ0) is 21.7. The third-order valence-electron chi connectivity index (χ3n) is 4.46. The first-order valence-electron chi connectivity index (χ1n) is 9.12. The molecular weight excluding hydrogens is 407 g/mol. The summed E-state index contributed by atoms with van der Waals surface area (Å²) in [5, 5.41) is 2.81. The molecule has 1 unspecified atom stereocenters. The highest BCUT2D eigenvalue weighted by Gasteiger charge is 2.16. The molecular formula is C22H21FN2O4S. The number of nitrogens with one attached hydrogen (secondary N) is 2. The van der Waals surface area contributed by atoms with Crippen molar-refractivity contribution in [3.8, 4) is 5.75 Å². The molecule has 0 saturated carbocycles. The lowest BCUT2D eigenvalue weighted by atomic mass is 10.1. The minimum absolute atomic E-state index is 0.0723. The van der Waals surface area contributed by atoms with E-state index in [4.69, 9.17) is 4.74 Å². The molecule has 3 aromatic carbocycles. The molecule has 8 heteroatoms. The molecule has 1 amide bonds. The number of anilines is 1. The van der Waals surface area contributed by atoms with E-state index >= 15 is 0 Å². The Hall–Kier alpha value is -3.39. The van der Waals surface area contributed by atoms with Gasteiger partial charge in [0.05, 0.1) is 18.0 Å². The van der Waals surface area contributed by atoms with Crippen LogP contribution in [0.5, 0.6) is 5.75 Å². The number of rotatable bonds is 7. The van der Waals surface area contributed by atoms with Gasteiger partial charge < -0.3 is 10.1 Å². The van der Waals surface area contributed by atoms with E-state index in [9.17, 15) is 17.6 Å². The van der Waals surface area contributed by atoms with Gasteiger partial charge in [-0.3, -0.25) is 9.52 Å². The van der Waals surface area contributed by atoms with Crippen molar-refractivity contribution >= 4 is 21.6 Å². The van der Waals surface area contributed by atoms with Crippen LogP contribution in [0, 0.1) is 5.82 Å². The summed E-state index contributed by atoms with van der Waals surface area (Å²) in [6.07, 6.45) is 0. The van der Waals surface area contributed by atoms with Crippen molar-refractivity contribution in [2.75, 3.05) is 11.8 Å². The van der Waals surface area contributed by atoms with Crippen molar-refractivity contribution in [1.82, 2.24) is 5.32 Å². The fourth-order valence-corrected chi connectivity index (χ4v) is 3.86. The first-order chi connectivity index (χ1) is 14.3. The van der Waals surface area contributed by atoms with Gasteiger partial charge in [0.25, 0.3) is 15.9 Å². The van der Waals surface area contributed by atoms with Crippen LogP contribution in [0.1, 0.15) is 28.9 Å². The molecule has 2 N–H and O–H groups in total. The van der Waals surface area contributed by atoms with Gasteiger partial charge in [-0.15, -0.1) is 0 Å². The van der Waals surface area contributed by atoms with Gasteiger partial charge >= 0.3 is 0 Å². The van der Waals surface area contributed by atoms with Crippen molar-refractivity contribution in [3.63, 3.8) is 0 Å². The van der Waals surface area contributed by atoms with Gasteiger partial charge in [0.15, 0.2) is 0 Å². The maximum atomic E-state index is 13.1. The normalized spacial score (nSPS) is 12.1. The average Bonchev–Trinajstić information content (AvgIpc) is 2.74. The van der Waals surface area contributed by atoms with Crippen LogP contribution in [0.2, 0.25) is 0 Å². The van der Waals surface area contributed by atoms with E-state index in [1.54, 1.807) is 49.4 Å². The van der Waals surface area contributed by atoms with Crippen LogP contribution in [0.4, 0.5) is 10.1 Å². The van der Waals surface area contributed by atoms with Crippen LogP contribution < -0.4 is 14.8 Å². The molecule has 1 atom stereocenters. The Balaban J connectivity index is 1.73. The molecule has 0 aliphatic rings. The largest absolute Gasteiger partial charge is 0.497 e. The number of carbonyl (C=O) groups is 1. The molecule has 0 saturated heterocycles. The van der Waals surface area contributed by atoms with E-state index < -0.39 is 10.0 Å². The Kier molecular flexibility index (Phi) is 6.37. The smallest absolute Gasteiger partial charge is 0.261 e. The zero-order valence-electron chi connectivity index (χ0n) is 16.4. The highest BCUT2D eigenvalue weighted by atomic mass is 32.2. The number of amides is 1. The molecule has 0 fully saturated rings. The van der Waals surface area contributed by atoms with E-state index in [1.807, 2.05) is 0 Å². The van der Waals surface area contributed by atoms with Crippen LogP contribution >= 0.6 is 0 Å². The second-order valence-corrected chi connectivity index (χ2v) is 8.29. The van der Waals surface area contributed by atoms with Gasteiger partial charge in [-0.2, -0.15) is 0 Å². The molecule has 0 radical (unpaired) electrons. The van der Waals surface area contributed by atoms with Crippen molar-refractivity contribution in [1.29, 1.82) is 0 Å². The predicted molar refractivity (Wildman–Crippen MR) is 113 cm³/mol. The maximum Gasteiger partial charge on any atom is 0.261 e. The second-order valence-electron chi connectivity index (χ2n) is 6.61. The minimum atomic E-state index is -3.82. The Morgan fingerprint density at radius 1 is 1.00 bits per heavy atom. The monoisotopic (exact) mass is 428 g/mol. The fraction of sp³-hybridized carbons (Fsp3) is 0.136. The van der Waals surface area contributed by atoms with E-state index in [1.165, 1.54) is 37.4 Å². The number of carbonyl (C=O) groups excluding carboxylic acids is 1. The number of halogens is 1. The lowest BCUT2D eigenvalue weighted by Crippen LogP contribution is -2.26. The van der Waals surface area contributed by atoms with E-state index in [-0.39, 0.29) is 28.3 Å². The lowest BCUT2D eigenvalue weighted by molar-refractivity contribution is 0.0940. The van der Waals surface area contributed by atoms with Crippen molar-refractivity contribution < 1.29 is 22.3 Å². The van der Waals surface area contributed by atoms with Crippen molar-refractivity contribution in [3.05, 3.63) is 89.7 Å². The van der Waals surface area contributed by atoms with Gasteiger partial charge in [-0.05, 0) is 67.1 Å². The number of hydrogen-bond acceptors (Lipinski definition) is 4. The highest BCUT2D eigenvalue weighted by Crippen LogP contribution is 2.20. The number of sulfonamides is 1. The highest BCUT2D eigenvalue weighted by molar-refractivity contribution is 7.92. The van der Waals surface area contributed by atoms with E-state index in [2.05, 4.69) is 10.0 Å². The van der Waals surface area contributed by atoms with Gasteiger partial charge in [0.2, 0.25) is 0 Å². The molecule has 30 heavy (non-hydrogen) atoms. The van der Waals surface area contributed by atoms with Crippen LogP contribution in [-0.2, 0) is 10.0 Å². The molecule has 6 nitrogen and oxygen atoms in total. The standard InChI is InChI=1S/C22H21FN2O4S/c1-15(16-6-8-18(23)9-7-16)24-22(26)17-4-3-5-19(14-17)25-30(27,28)21-12-10-20(29-2)11-13-21/h3-15,25H,1-2H3,(H,24,26). The first-order valence-corrected chi connectivity index (χ1v) is 10.6. The molecule has 3 rings (SSSR count). The zero-order valence-corrected chi connectivity index (χ0v) is 17.2. The average molecular weight is 428 g/mol. The van der Waals surface area contributed by atoms with Crippen LogP contribution in [0.3, 0.4) is 0 Å². The van der Waals surface area contributed by atoms with Gasteiger partial charge in [0, 0.05) is 11.3 Å². The Labute approximate surface area is 174 Å². The van der Waals surface area contributed by atoms with Crippen LogP contribution in [0.25, 0.3) is 0 Å². The number of hydrogen-bond donors (Lipinski definition) is 2. The molecule has 0 aliphatic carbocycles. The summed E-state index contributed by atoms with van der Waals surface area (Å²) in [6.45, 7) is 1.78. The van der Waals surface area contributed by atoms with Gasteiger partial charge in [0.1, 0.15) is 11.6 Å². The third kappa shape index (κ3) is 5.15.